The highest BCUT2D eigenvalue weighted by atomic mass is 32.2. The van der Waals surface area contributed by atoms with Crippen molar-refractivity contribution in [3.63, 3.8) is 0 Å². The summed E-state index contributed by atoms with van der Waals surface area (Å²) in [6, 6.07) is 17.6. The fraction of sp³-hybridized carbons (Fsp3) is 0.321. The number of halogens is 6. The zero-order chi connectivity index (χ0) is 28.5. The maximum absolute atomic E-state index is 14.3. The maximum Gasteiger partial charge on any atom is 0.430 e. The number of carbonyl (C=O) groups excluding carboxylic acids is 1. The van der Waals surface area contributed by atoms with Crippen LogP contribution in [0.3, 0.4) is 0 Å². The molecule has 1 saturated carbocycles. The number of ketones is 1. The van der Waals surface area contributed by atoms with Gasteiger partial charge in [0.2, 0.25) is 0 Å². The Morgan fingerprint density at radius 1 is 0.718 bits per heavy atom. The van der Waals surface area contributed by atoms with Crippen molar-refractivity contribution in [2.75, 3.05) is 0 Å². The second-order valence-electron chi connectivity index (χ2n) is 9.38. The Morgan fingerprint density at radius 3 is 1.69 bits per heavy atom. The molecule has 0 amide bonds. The average molecular weight is 571 g/mol. The van der Waals surface area contributed by atoms with Gasteiger partial charge in [0.1, 0.15) is 10.5 Å². The van der Waals surface area contributed by atoms with E-state index in [-0.39, 0.29) is 47.5 Å². The molecular weight excluding hydrogens is 546 g/mol. The molecule has 0 heterocycles. The lowest BCUT2D eigenvalue weighted by Crippen LogP contribution is -2.55. The van der Waals surface area contributed by atoms with Gasteiger partial charge >= 0.3 is 12.4 Å². The van der Waals surface area contributed by atoms with Gasteiger partial charge in [-0.15, -0.1) is 0 Å². The molecule has 4 nitrogen and oxygen atoms in total. The van der Waals surface area contributed by atoms with Gasteiger partial charge in [0, 0.05) is 18.4 Å². The van der Waals surface area contributed by atoms with Crippen LogP contribution < -0.4 is 0 Å². The van der Waals surface area contributed by atoms with Crippen molar-refractivity contribution in [1.82, 2.24) is 0 Å². The van der Waals surface area contributed by atoms with Gasteiger partial charge in [-0.25, -0.2) is 8.42 Å². The quantitative estimate of drug-likeness (QED) is 0.286. The molecule has 3 aromatic rings. The topological polar surface area (TPSA) is 60.4 Å². The molecule has 0 spiro atoms. The average Bonchev–Trinajstić information content (AvgIpc) is 2.89. The lowest BCUT2D eigenvalue weighted by molar-refractivity contribution is -0.392. The molecule has 1 aliphatic rings. The van der Waals surface area contributed by atoms with E-state index < -0.39 is 44.7 Å². The van der Waals surface area contributed by atoms with Gasteiger partial charge in [0.25, 0.3) is 5.60 Å². The Bertz CT molecular complexity index is 1380. The van der Waals surface area contributed by atoms with Crippen LogP contribution in [0.5, 0.6) is 0 Å². The van der Waals surface area contributed by atoms with Crippen LogP contribution in [-0.4, -0.2) is 26.6 Å². The van der Waals surface area contributed by atoms with Gasteiger partial charge in [-0.2, -0.15) is 26.3 Å². The fourth-order valence-electron chi connectivity index (χ4n) is 4.98. The first-order valence-electron chi connectivity index (χ1n) is 12.0. The molecule has 39 heavy (non-hydrogen) atoms. The number of hydrogen-bond acceptors (Lipinski definition) is 4. The summed E-state index contributed by atoms with van der Waals surface area (Å²) in [6.45, 7) is -0.976. The SMILES string of the molecule is O=C1CCC(c2ccc(C(OCc3ccccc3)(C(F)(F)F)C(F)(F)F)cc2)(S(=O)(=O)c2ccccc2)CC1. The number of sulfone groups is 1. The lowest BCUT2D eigenvalue weighted by atomic mass is 9.81. The molecule has 0 bridgehead atoms. The van der Waals surface area contributed by atoms with Crippen LogP contribution >= 0.6 is 0 Å². The molecule has 0 unspecified atom stereocenters. The fourth-order valence-corrected chi connectivity index (χ4v) is 7.13. The van der Waals surface area contributed by atoms with Crippen molar-refractivity contribution in [2.24, 2.45) is 0 Å². The first-order chi connectivity index (χ1) is 18.2. The van der Waals surface area contributed by atoms with Crippen LogP contribution in [0.1, 0.15) is 42.4 Å². The molecule has 3 aromatic carbocycles. The molecule has 1 fully saturated rings. The van der Waals surface area contributed by atoms with Crippen LogP contribution in [0.15, 0.2) is 89.8 Å². The first-order valence-corrected chi connectivity index (χ1v) is 13.5. The summed E-state index contributed by atoms with van der Waals surface area (Å²) in [5, 5.41) is 0. The number of carbonyl (C=O) groups is 1. The third-order valence-electron chi connectivity index (χ3n) is 7.10. The smallest absolute Gasteiger partial charge is 0.349 e. The van der Waals surface area contributed by atoms with Crippen molar-refractivity contribution in [3.05, 3.63) is 102 Å². The molecule has 0 atom stereocenters. The summed E-state index contributed by atoms with van der Waals surface area (Å²) in [5.74, 6) is -0.173. The number of alkyl halides is 6. The van der Waals surface area contributed by atoms with Crippen molar-refractivity contribution >= 4 is 15.6 Å². The molecule has 208 valence electrons. The molecule has 4 rings (SSSR count). The minimum absolute atomic E-state index is 0.00362. The molecule has 1 aliphatic carbocycles. The number of ether oxygens (including phenoxy) is 1. The maximum atomic E-state index is 14.3. The molecule has 0 N–H and O–H groups in total. The lowest BCUT2D eigenvalue weighted by Gasteiger charge is -2.39. The predicted molar refractivity (Wildman–Crippen MR) is 130 cm³/mol. The van der Waals surface area contributed by atoms with Crippen LogP contribution in [0.4, 0.5) is 26.3 Å². The van der Waals surface area contributed by atoms with Crippen molar-refractivity contribution in [2.45, 2.75) is 59.9 Å². The Labute approximate surface area is 221 Å². The summed E-state index contributed by atoms with van der Waals surface area (Å²) < 4.78 is 116. The summed E-state index contributed by atoms with van der Waals surface area (Å²) >= 11 is 0. The molecule has 0 saturated heterocycles. The third kappa shape index (κ3) is 5.09. The van der Waals surface area contributed by atoms with Gasteiger partial charge in [-0.05, 0) is 36.1 Å². The Morgan fingerprint density at radius 2 is 1.21 bits per heavy atom. The Kier molecular flexibility index (Phi) is 7.70. The molecule has 0 radical (unpaired) electrons. The number of rotatable bonds is 7. The summed E-state index contributed by atoms with van der Waals surface area (Å²) in [7, 11) is -4.18. The van der Waals surface area contributed by atoms with Crippen molar-refractivity contribution in [1.29, 1.82) is 0 Å². The van der Waals surface area contributed by atoms with Gasteiger partial charge in [0.05, 0.1) is 11.5 Å². The highest BCUT2D eigenvalue weighted by Gasteiger charge is 2.73. The highest BCUT2D eigenvalue weighted by molar-refractivity contribution is 7.92. The van der Waals surface area contributed by atoms with Crippen LogP contribution in [0.2, 0.25) is 0 Å². The van der Waals surface area contributed by atoms with Crippen LogP contribution in [0.25, 0.3) is 0 Å². The number of hydrogen-bond donors (Lipinski definition) is 0. The largest absolute Gasteiger partial charge is 0.430 e. The monoisotopic (exact) mass is 570 g/mol. The van der Waals surface area contributed by atoms with E-state index in [9.17, 15) is 39.6 Å². The summed E-state index contributed by atoms with van der Waals surface area (Å²) in [4.78, 5) is 11.9. The van der Waals surface area contributed by atoms with E-state index in [0.717, 1.165) is 12.1 Å². The van der Waals surface area contributed by atoms with E-state index in [0.29, 0.717) is 12.1 Å². The molecular formula is C28H24F6O4S. The zero-order valence-corrected chi connectivity index (χ0v) is 21.2. The predicted octanol–water partition coefficient (Wildman–Crippen LogP) is 7.04. The van der Waals surface area contributed by atoms with Crippen LogP contribution in [0, 0.1) is 0 Å². The Hall–Kier alpha value is -3.18. The summed E-state index contributed by atoms with van der Waals surface area (Å²) in [6.07, 6.45) is -12.3. The second-order valence-corrected chi connectivity index (χ2v) is 11.6. The van der Waals surface area contributed by atoms with E-state index in [4.69, 9.17) is 0 Å². The van der Waals surface area contributed by atoms with E-state index in [1.165, 1.54) is 48.5 Å². The third-order valence-corrected chi connectivity index (χ3v) is 9.66. The zero-order valence-electron chi connectivity index (χ0n) is 20.4. The van der Waals surface area contributed by atoms with E-state index >= 15 is 0 Å². The standard InChI is InChI=1S/C28H24F6O4S/c29-27(30,31)26(28(32,33)34,38-19-20-7-3-1-4-8-20)22-13-11-21(12-14-22)25(17-15-23(35)16-18-25)39(36,37)24-9-5-2-6-10-24/h1-14H,15-19H2. The second kappa shape index (κ2) is 10.4. The van der Waals surface area contributed by atoms with Crippen LogP contribution in [-0.2, 0) is 36.3 Å². The van der Waals surface area contributed by atoms with Gasteiger partial charge in [0.15, 0.2) is 9.84 Å². The molecule has 0 aliphatic heterocycles. The summed E-state index contributed by atoms with van der Waals surface area (Å²) in [5.41, 5.74) is -5.79. The van der Waals surface area contributed by atoms with E-state index in [1.807, 2.05) is 0 Å². The van der Waals surface area contributed by atoms with E-state index in [2.05, 4.69) is 4.74 Å². The molecule has 11 heteroatoms. The van der Waals surface area contributed by atoms with Gasteiger partial charge in [-0.1, -0.05) is 72.8 Å². The number of Topliss-reactive ketones (excluding diaryl/α,β-unsaturated/α-hetero) is 1. The number of benzene rings is 3. The van der Waals surface area contributed by atoms with Crippen molar-refractivity contribution < 1.29 is 44.3 Å². The first kappa shape index (κ1) is 28.8. The van der Waals surface area contributed by atoms with Crippen molar-refractivity contribution in [3.8, 4) is 0 Å². The van der Waals surface area contributed by atoms with E-state index in [1.54, 1.807) is 12.1 Å². The van der Waals surface area contributed by atoms with Gasteiger partial charge < -0.3 is 4.74 Å². The highest BCUT2D eigenvalue weighted by Crippen LogP contribution is 2.54. The minimum atomic E-state index is -5.90. The Balaban J connectivity index is 1.82. The van der Waals surface area contributed by atoms with Gasteiger partial charge in [-0.3, -0.25) is 4.79 Å². The normalized spacial score (nSPS) is 16.7. The molecule has 0 aromatic heterocycles. The minimum Gasteiger partial charge on any atom is -0.349 e.